The predicted molar refractivity (Wildman–Crippen MR) is 129 cm³/mol. The number of carboxylic acid groups (broad SMARTS) is 1. The number of alkyl carbamates (subject to hydrolysis) is 1. The highest BCUT2D eigenvalue weighted by Gasteiger charge is 2.53. The van der Waals surface area contributed by atoms with E-state index in [4.69, 9.17) is 4.74 Å². The number of aliphatic carboxylic acids is 1. The summed E-state index contributed by atoms with van der Waals surface area (Å²) < 4.78 is 5.71. The zero-order chi connectivity index (χ0) is 24.1. The summed E-state index contributed by atoms with van der Waals surface area (Å²) in [5.74, 6) is -1.60. The summed E-state index contributed by atoms with van der Waals surface area (Å²) in [5.41, 5.74) is 4.68. The second-order valence-electron chi connectivity index (χ2n) is 10.3. The molecule has 35 heavy (non-hydrogen) atoms. The molecule has 2 amide bonds. The molecule has 182 valence electrons. The van der Waals surface area contributed by atoms with Crippen molar-refractivity contribution in [2.45, 2.75) is 62.6 Å². The Morgan fingerprint density at radius 1 is 0.914 bits per heavy atom. The first kappa shape index (κ1) is 22.1. The Bertz CT molecular complexity index is 1130. The summed E-state index contributed by atoms with van der Waals surface area (Å²) in [6, 6.07) is 16.0. The lowest BCUT2D eigenvalue weighted by Crippen LogP contribution is -2.48. The van der Waals surface area contributed by atoms with Crippen molar-refractivity contribution in [3.8, 4) is 11.1 Å². The number of rotatable bonds is 5. The Balaban J connectivity index is 1.10. The average Bonchev–Trinajstić information content (AvgIpc) is 3.64. The number of nitrogens with one attached hydrogen (secondary N) is 1. The van der Waals surface area contributed by atoms with Crippen molar-refractivity contribution >= 4 is 18.0 Å². The summed E-state index contributed by atoms with van der Waals surface area (Å²) in [6.45, 7) is 0.238. The van der Waals surface area contributed by atoms with E-state index >= 15 is 0 Å². The molecule has 5 atom stereocenters. The molecule has 6 rings (SSSR count). The maximum atomic E-state index is 13.5. The number of ether oxygens (including phenoxy) is 1. The van der Waals surface area contributed by atoms with Crippen LogP contribution in [0.25, 0.3) is 11.1 Å². The van der Waals surface area contributed by atoms with Crippen LogP contribution in [0.3, 0.4) is 0 Å². The van der Waals surface area contributed by atoms with E-state index < -0.39 is 18.0 Å². The second kappa shape index (κ2) is 8.70. The van der Waals surface area contributed by atoms with Gasteiger partial charge in [0, 0.05) is 24.0 Å². The van der Waals surface area contributed by atoms with Crippen molar-refractivity contribution in [2.24, 2.45) is 11.8 Å². The summed E-state index contributed by atoms with van der Waals surface area (Å²) >= 11 is 0. The van der Waals surface area contributed by atoms with Gasteiger partial charge in [0.15, 0.2) is 0 Å². The highest BCUT2D eigenvalue weighted by atomic mass is 16.5. The molecule has 2 heterocycles. The van der Waals surface area contributed by atoms with E-state index in [0.29, 0.717) is 12.8 Å². The summed E-state index contributed by atoms with van der Waals surface area (Å²) in [7, 11) is 0. The number of carbonyl (C=O) groups is 3. The monoisotopic (exact) mass is 474 g/mol. The molecule has 0 radical (unpaired) electrons. The van der Waals surface area contributed by atoms with Gasteiger partial charge in [-0.25, -0.2) is 4.79 Å². The third-order valence-electron chi connectivity index (χ3n) is 8.59. The molecule has 2 unspecified atom stereocenters. The molecule has 1 saturated carbocycles. The van der Waals surface area contributed by atoms with Crippen LogP contribution in [0.5, 0.6) is 0 Å². The van der Waals surface area contributed by atoms with E-state index in [1.165, 1.54) is 11.1 Å². The molecule has 2 N–H and O–H groups in total. The smallest absolute Gasteiger partial charge is 0.407 e. The van der Waals surface area contributed by atoms with Crippen molar-refractivity contribution in [2.75, 3.05) is 6.61 Å². The zero-order valence-electron chi connectivity index (χ0n) is 19.6. The molecular weight excluding hydrogens is 444 g/mol. The summed E-state index contributed by atoms with van der Waals surface area (Å²) in [4.78, 5) is 39.7. The first-order valence-electron chi connectivity index (χ1n) is 12.7. The number of carboxylic acids is 1. The highest BCUT2D eigenvalue weighted by Crippen LogP contribution is 2.45. The van der Waals surface area contributed by atoms with Crippen molar-refractivity contribution in [3.63, 3.8) is 0 Å². The lowest BCUT2D eigenvalue weighted by atomic mass is 9.89. The molecule has 2 bridgehead atoms. The molecule has 2 aliphatic heterocycles. The normalized spacial score (nSPS) is 28.6. The number of hydrogen-bond donors (Lipinski definition) is 2. The van der Waals surface area contributed by atoms with Crippen LogP contribution >= 0.6 is 0 Å². The van der Waals surface area contributed by atoms with Crippen LogP contribution in [0, 0.1) is 11.8 Å². The van der Waals surface area contributed by atoms with Crippen molar-refractivity contribution in [3.05, 3.63) is 59.7 Å². The van der Waals surface area contributed by atoms with Gasteiger partial charge in [-0.2, -0.15) is 0 Å². The number of benzene rings is 2. The van der Waals surface area contributed by atoms with E-state index in [9.17, 15) is 19.5 Å². The Labute approximate surface area is 204 Å². The fraction of sp³-hybridized carbons (Fsp3) is 0.464. The number of nitrogens with zero attached hydrogens (tertiary/aromatic N) is 1. The van der Waals surface area contributed by atoms with Gasteiger partial charge in [-0.15, -0.1) is 0 Å². The van der Waals surface area contributed by atoms with Gasteiger partial charge in [-0.1, -0.05) is 55.0 Å². The molecule has 2 saturated heterocycles. The van der Waals surface area contributed by atoms with Crippen LogP contribution in [-0.2, 0) is 14.3 Å². The second-order valence-corrected chi connectivity index (χ2v) is 10.3. The van der Waals surface area contributed by atoms with Crippen LogP contribution in [-0.4, -0.2) is 52.7 Å². The van der Waals surface area contributed by atoms with Crippen molar-refractivity contribution < 1.29 is 24.2 Å². The Morgan fingerprint density at radius 2 is 1.60 bits per heavy atom. The minimum atomic E-state index is -0.810. The summed E-state index contributed by atoms with van der Waals surface area (Å²) in [6.07, 6.45) is 3.97. The van der Waals surface area contributed by atoms with E-state index in [-0.39, 0.29) is 42.5 Å². The third kappa shape index (κ3) is 3.68. The lowest BCUT2D eigenvalue weighted by molar-refractivity contribution is -0.143. The molecule has 7 nitrogen and oxygen atoms in total. The molecule has 0 aromatic heterocycles. The van der Waals surface area contributed by atoms with Crippen molar-refractivity contribution in [1.29, 1.82) is 0 Å². The van der Waals surface area contributed by atoms with E-state index in [2.05, 4.69) is 29.6 Å². The Hall–Kier alpha value is -3.35. The minimum absolute atomic E-state index is 0.00250. The largest absolute Gasteiger partial charge is 0.481 e. The Kier molecular flexibility index (Phi) is 5.50. The molecule has 3 fully saturated rings. The molecule has 4 aliphatic rings. The zero-order valence-corrected chi connectivity index (χ0v) is 19.6. The number of fused-ring (bicyclic) bond motifs is 5. The van der Waals surface area contributed by atoms with E-state index in [0.717, 1.165) is 36.8 Å². The van der Waals surface area contributed by atoms with E-state index in [1.54, 1.807) is 0 Å². The van der Waals surface area contributed by atoms with Gasteiger partial charge in [0.05, 0.1) is 11.8 Å². The first-order valence-corrected chi connectivity index (χ1v) is 12.7. The van der Waals surface area contributed by atoms with Crippen LogP contribution in [0.1, 0.15) is 55.6 Å². The van der Waals surface area contributed by atoms with Gasteiger partial charge >= 0.3 is 12.1 Å². The quantitative estimate of drug-likeness (QED) is 0.679. The Morgan fingerprint density at radius 3 is 2.26 bits per heavy atom. The first-order chi connectivity index (χ1) is 17.0. The molecule has 2 aliphatic carbocycles. The fourth-order valence-electron chi connectivity index (χ4n) is 7.01. The number of carbonyl (C=O) groups excluding carboxylic acids is 2. The van der Waals surface area contributed by atoms with Gasteiger partial charge < -0.3 is 20.1 Å². The summed E-state index contributed by atoms with van der Waals surface area (Å²) in [5, 5.41) is 12.5. The van der Waals surface area contributed by atoms with Gasteiger partial charge in [0.2, 0.25) is 5.91 Å². The number of amides is 2. The minimum Gasteiger partial charge on any atom is -0.481 e. The van der Waals surface area contributed by atoms with Gasteiger partial charge in [-0.3, -0.25) is 9.59 Å². The SMILES string of the molecule is O=C(NC1CCCC1C(=O)N1[C@H]2CC[C@@H]1[C@H](C(=O)O)C2)OCC1c2ccccc2-c2ccccc21. The maximum Gasteiger partial charge on any atom is 0.407 e. The molecule has 0 spiro atoms. The lowest BCUT2D eigenvalue weighted by Gasteiger charge is -2.29. The number of hydrogen-bond acceptors (Lipinski definition) is 4. The molecular formula is C28H30N2O5. The fourth-order valence-corrected chi connectivity index (χ4v) is 7.01. The average molecular weight is 475 g/mol. The molecule has 2 aromatic rings. The van der Waals surface area contributed by atoms with Gasteiger partial charge in [-0.05, 0) is 54.4 Å². The highest BCUT2D eigenvalue weighted by molar-refractivity contribution is 5.84. The topological polar surface area (TPSA) is 95.9 Å². The van der Waals surface area contributed by atoms with Crippen LogP contribution in [0.15, 0.2) is 48.5 Å². The van der Waals surface area contributed by atoms with Crippen LogP contribution in [0.4, 0.5) is 4.79 Å². The van der Waals surface area contributed by atoms with Crippen LogP contribution < -0.4 is 5.32 Å². The maximum absolute atomic E-state index is 13.5. The standard InChI is InChI=1S/C28H30N2O5/c31-26(30-16-12-13-25(30)22(14-16)27(32)33)21-10-5-11-24(21)29-28(34)35-15-23-19-8-3-1-6-17(19)18-7-2-4-9-20(18)23/h1-4,6-9,16,21-25H,5,10-15H2,(H,29,34)(H,32,33)/t16-,21?,22+,24?,25+/m0/s1. The molecule has 7 heteroatoms. The van der Waals surface area contributed by atoms with Crippen molar-refractivity contribution in [1.82, 2.24) is 10.2 Å². The van der Waals surface area contributed by atoms with E-state index in [1.807, 2.05) is 29.2 Å². The van der Waals surface area contributed by atoms with Crippen LogP contribution in [0.2, 0.25) is 0 Å². The predicted octanol–water partition coefficient (Wildman–Crippen LogP) is 4.16. The van der Waals surface area contributed by atoms with Gasteiger partial charge in [0.25, 0.3) is 0 Å². The third-order valence-corrected chi connectivity index (χ3v) is 8.59. The van der Waals surface area contributed by atoms with Gasteiger partial charge in [0.1, 0.15) is 6.61 Å². The molecule has 2 aromatic carbocycles.